The average Bonchev–Trinajstić information content (AvgIpc) is 2.15. The lowest BCUT2D eigenvalue weighted by Gasteiger charge is -2.03. The number of aromatic nitrogens is 1. The first kappa shape index (κ1) is 11.7. The highest BCUT2D eigenvalue weighted by Crippen LogP contribution is 2.25. The van der Waals surface area contributed by atoms with Crippen LogP contribution in [0.2, 0.25) is 5.02 Å². The molecule has 0 spiro atoms. The van der Waals surface area contributed by atoms with E-state index in [1.807, 2.05) is 0 Å². The number of nitrogen functional groups attached to an aromatic ring is 1. The van der Waals surface area contributed by atoms with Crippen molar-refractivity contribution >= 4 is 29.1 Å². The number of pyridine rings is 1. The van der Waals surface area contributed by atoms with Crippen molar-refractivity contribution in [3.05, 3.63) is 17.3 Å². The Hall–Kier alpha value is -0.410. The molecule has 1 aromatic heterocycles. The SMILES string of the molecule is CCCCCSc1ncc(Cl)cc1N. The van der Waals surface area contributed by atoms with Crippen LogP contribution >= 0.6 is 23.4 Å². The maximum atomic E-state index is 5.77. The molecule has 0 aliphatic carbocycles. The molecule has 0 atom stereocenters. The van der Waals surface area contributed by atoms with Gasteiger partial charge in [-0.3, -0.25) is 0 Å². The van der Waals surface area contributed by atoms with Crippen molar-refractivity contribution in [1.29, 1.82) is 0 Å². The largest absolute Gasteiger partial charge is 0.397 e. The van der Waals surface area contributed by atoms with Gasteiger partial charge >= 0.3 is 0 Å². The lowest BCUT2D eigenvalue weighted by Crippen LogP contribution is -1.92. The number of halogens is 1. The number of hydrogen-bond acceptors (Lipinski definition) is 3. The van der Waals surface area contributed by atoms with Crippen LogP contribution < -0.4 is 5.73 Å². The Morgan fingerprint density at radius 2 is 2.29 bits per heavy atom. The second-order valence-corrected chi connectivity index (χ2v) is 4.62. The van der Waals surface area contributed by atoms with Crippen molar-refractivity contribution in [3.63, 3.8) is 0 Å². The summed E-state index contributed by atoms with van der Waals surface area (Å²) in [6.07, 6.45) is 5.36. The number of thioether (sulfide) groups is 1. The van der Waals surface area contributed by atoms with Crippen LogP contribution in [0, 0.1) is 0 Å². The fraction of sp³-hybridized carbons (Fsp3) is 0.500. The predicted molar refractivity (Wildman–Crippen MR) is 63.9 cm³/mol. The first-order valence-electron chi connectivity index (χ1n) is 4.78. The molecule has 14 heavy (non-hydrogen) atoms. The molecule has 0 bridgehead atoms. The summed E-state index contributed by atoms with van der Waals surface area (Å²) in [5.41, 5.74) is 6.45. The standard InChI is InChI=1S/C10H15ClN2S/c1-2-3-4-5-14-10-9(12)6-8(11)7-13-10/h6-7H,2-5,12H2,1H3. The first-order chi connectivity index (χ1) is 6.74. The van der Waals surface area contributed by atoms with Gasteiger partial charge in [0.05, 0.1) is 10.7 Å². The summed E-state index contributed by atoms with van der Waals surface area (Å²) >= 11 is 7.45. The number of nitrogens with two attached hydrogens (primary N) is 1. The Balaban J connectivity index is 2.42. The van der Waals surface area contributed by atoms with E-state index in [0.717, 1.165) is 10.8 Å². The number of anilines is 1. The molecule has 1 aromatic rings. The maximum Gasteiger partial charge on any atom is 0.119 e. The number of rotatable bonds is 5. The Kier molecular flexibility index (Phi) is 5.12. The quantitative estimate of drug-likeness (QED) is 0.621. The summed E-state index contributed by atoms with van der Waals surface area (Å²) in [7, 11) is 0. The molecule has 2 nitrogen and oxygen atoms in total. The topological polar surface area (TPSA) is 38.9 Å². The van der Waals surface area contributed by atoms with Crippen LogP contribution in [-0.2, 0) is 0 Å². The average molecular weight is 231 g/mol. The summed E-state index contributed by atoms with van der Waals surface area (Å²) in [5, 5.41) is 1.49. The summed E-state index contributed by atoms with van der Waals surface area (Å²) in [5.74, 6) is 1.08. The predicted octanol–water partition coefficient (Wildman–Crippen LogP) is 3.60. The molecule has 0 unspecified atom stereocenters. The van der Waals surface area contributed by atoms with E-state index in [9.17, 15) is 0 Å². The van der Waals surface area contributed by atoms with Gasteiger partial charge in [0.25, 0.3) is 0 Å². The van der Waals surface area contributed by atoms with Crippen molar-refractivity contribution in [2.75, 3.05) is 11.5 Å². The normalized spacial score (nSPS) is 10.4. The highest BCUT2D eigenvalue weighted by molar-refractivity contribution is 7.99. The van der Waals surface area contributed by atoms with Crippen LogP contribution in [0.3, 0.4) is 0 Å². The zero-order valence-corrected chi connectivity index (χ0v) is 9.87. The lowest BCUT2D eigenvalue weighted by atomic mass is 10.3. The fourth-order valence-electron chi connectivity index (χ4n) is 1.08. The van der Waals surface area contributed by atoms with Crippen LogP contribution in [0.4, 0.5) is 5.69 Å². The van der Waals surface area contributed by atoms with E-state index in [2.05, 4.69) is 11.9 Å². The molecule has 0 fully saturated rings. The molecule has 0 saturated carbocycles. The van der Waals surface area contributed by atoms with E-state index in [4.69, 9.17) is 17.3 Å². The molecule has 1 heterocycles. The van der Waals surface area contributed by atoms with Crippen molar-refractivity contribution in [1.82, 2.24) is 4.98 Å². The van der Waals surface area contributed by atoms with Crippen LogP contribution in [0.15, 0.2) is 17.3 Å². The van der Waals surface area contributed by atoms with Crippen LogP contribution in [0.5, 0.6) is 0 Å². The van der Waals surface area contributed by atoms with Gasteiger partial charge in [-0.2, -0.15) is 0 Å². The monoisotopic (exact) mass is 230 g/mol. The van der Waals surface area contributed by atoms with Crippen LogP contribution in [0.25, 0.3) is 0 Å². The van der Waals surface area contributed by atoms with E-state index < -0.39 is 0 Å². The van der Waals surface area contributed by atoms with Crippen molar-refractivity contribution < 1.29 is 0 Å². The minimum Gasteiger partial charge on any atom is -0.397 e. The smallest absolute Gasteiger partial charge is 0.119 e. The molecule has 0 saturated heterocycles. The molecule has 0 aliphatic rings. The van der Waals surface area contributed by atoms with Crippen molar-refractivity contribution in [2.45, 2.75) is 31.2 Å². The zero-order chi connectivity index (χ0) is 10.4. The molecule has 4 heteroatoms. The molecule has 0 amide bonds. The van der Waals surface area contributed by atoms with Crippen LogP contribution in [-0.4, -0.2) is 10.7 Å². The van der Waals surface area contributed by atoms with Gasteiger partial charge in [-0.25, -0.2) is 4.98 Å². The molecule has 1 rings (SSSR count). The maximum absolute atomic E-state index is 5.77. The van der Waals surface area contributed by atoms with Gasteiger partial charge in [0, 0.05) is 6.20 Å². The second-order valence-electron chi connectivity index (χ2n) is 3.10. The van der Waals surface area contributed by atoms with Crippen molar-refractivity contribution in [3.8, 4) is 0 Å². The molecule has 78 valence electrons. The van der Waals surface area contributed by atoms with Crippen molar-refractivity contribution in [2.24, 2.45) is 0 Å². The minimum absolute atomic E-state index is 0.598. The third-order valence-corrected chi connectivity index (χ3v) is 3.15. The summed E-state index contributed by atoms with van der Waals surface area (Å²) in [4.78, 5) is 4.18. The van der Waals surface area contributed by atoms with Gasteiger partial charge < -0.3 is 5.73 Å². The van der Waals surface area contributed by atoms with E-state index in [0.29, 0.717) is 10.7 Å². The summed E-state index contributed by atoms with van der Waals surface area (Å²) < 4.78 is 0. The highest BCUT2D eigenvalue weighted by Gasteiger charge is 2.01. The van der Waals surface area contributed by atoms with Gasteiger partial charge in [-0.05, 0) is 18.2 Å². The van der Waals surface area contributed by atoms with E-state index in [1.165, 1.54) is 19.3 Å². The summed E-state index contributed by atoms with van der Waals surface area (Å²) in [6.45, 7) is 2.19. The Bertz CT molecular complexity index is 291. The van der Waals surface area contributed by atoms with Gasteiger partial charge in [-0.15, -0.1) is 11.8 Å². The summed E-state index contributed by atoms with van der Waals surface area (Å²) in [6, 6.07) is 1.75. The van der Waals surface area contributed by atoms with Gasteiger partial charge in [0.2, 0.25) is 0 Å². The van der Waals surface area contributed by atoms with Gasteiger partial charge in [0.15, 0.2) is 0 Å². The van der Waals surface area contributed by atoms with Gasteiger partial charge in [0.1, 0.15) is 5.03 Å². The molecular weight excluding hydrogens is 216 g/mol. The number of nitrogens with zero attached hydrogens (tertiary/aromatic N) is 1. The Labute approximate surface area is 94.2 Å². The number of unbranched alkanes of at least 4 members (excludes halogenated alkanes) is 2. The second kappa shape index (κ2) is 6.14. The Morgan fingerprint density at radius 1 is 1.50 bits per heavy atom. The van der Waals surface area contributed by atoms with E-state index in [-0.39, 0.29) is 0 Å². The third kappa shape index (κ3) is 3.76. The molecule has 0 radical (unpaired) electrons. The van der Waals surface area contributed by atoms with Gasteiger partial charge in [-0.1, -0.05) is 31.4 Å². The molecular formula is C10H15ClN2S. The third-order valence-electron chi connectivity index (χ3n) is 1.83. The molecule has 2 N–H and O–H groups in total. The molecule has 0 aromatic carbocycles. The highest BCUT2D eigenvalue weighted by atomic mass is 35.5. The minimum atomic E-state index is 0.598. The fourth-order valence-corrected chi connectivity index (χ4v) is 2.14. The lowest BCUT2D eigenvalue weighted by molar-refractivity contribution is 0.778. The van der Waals surface area contributed by atoms with Crippen LogP contribution in [0.1, 0.15) is 26.2 Å². The Morgan fingerprint density at radius 3 is 2.93 bits per heavy atom. The van der Waals surface area contributed by atoms with E-state index in [1.54, 1.807) is 24.0 Å². The first-order valence-corrected chi connectivity index (χ1v) is 6.14. The number of hydrogen-bond donors (Lipinski definition) is 1. The zero-order valence-electron chi connectivity index (χ0n) is 8.29. The van der Waals surface area contributed by atoms with E-state index >= 15 is 0 Å². The molecule has 0 aliphatic heterocycles.